The van der Waals surface area contributed by atoms with E-state index < -0.39 is 23.5 Å². The van der Waals surface area contributed by atoms with Crippen molar-refractivity contribution >= 4 is 23.3 Å². The van der Waals surface area contributed by atoms with Crippen LogP contribution in [0, 0.1) is 11.6 Å². The fourth-order valence-electron chi connectivity index (χ4n) is 1.84. The van der Waals surface area contributed by atoms with Crippen LogP contribution in [0.25, 0.3) is 0 Å². The number of ether oxygens (including phenoxy) is 1. The maximum absolute atomic E-state index is 13.4. The summed E-state index contributed by atoms with van der Waals surface area (Å²) < 4.78 is 30.8. The van der Waals surface area contributed by atoms with Gasteiger partial charge in [0.25, 0.3) is 0 Å². The van der Waals surface area contributed by atoms with Gasteiger partial charge in [-0.3, -0.25) is 4.79 Å². The highest BCUT2D eigenvalue weighted by molar-refractivity contribution is 5.94. The van der Waals surface area contributed by atoms with E-state index in [0.29, 0.717) is 17.3 Å². The number of carbonyl (C=O) groups is 2. The molecule has 2 aromatic rings. The number of amides is 1. The smallest absolute Gasteiger partial charge is 0.337 e. The van der Waals surface area contributed by atoms with Crippen LogP contribution in [0.2, 0.25) is 0 Å². The molecule has 0 spiro atoms. The lowest BCUT2D eigenvalue weighted by Gasteiger charge is -2.09. The number of esters is 1. The third-order valence-electron chi connectivity index (χ3n) is 2.94. The second kappa shape index (κ2) is 7.35. The van der Waals surface area contributed by atoms with Crippen molar-refractivity contribution in [2.75, 3.05) is 24.3 Å². The molecule has 0 heterocycles. The normalized spacial score (nSPS) is 10.0. The Morgan fingerprint density at radius 2 is 1.91 bits per heavy atom. The highest BCUT2D eigenvalue weighted by Crippen LogP contribution is 2.15. The van der Waals surface area contributed by atoms with Gasteiger partial charge in [-0.25, -0.2) is 13.6 Å². The van der Waals surface area contributed by atoms with Crippen LogP contribution in [0.3, 0.4) is 0 Å². The summed E-state index contributed by atoms with van der Waals surface area (Å²) in [6.45, 7) is -0.151. The summed E-state index contributed by atoms with van der Waals surface area (Å²) in [6, 6.07) is 9.27. The Labute approximate surface area is 131 Å². The summed E-state index contributed by atoms with van der Waals surface area (Å²) in [7, 11) is 1.27. The van der Waals surface area contributed by atoms with E-state index in [-0.39, 0.29) is 12.2 Å². The summed E-state index contributed by atoms with van der Waals surface area (Å²) >= 11 is 0. The Hall–Kier alpha value is -2.96. The Kier molecular flexibility index (Phi) is 5.24. The summed E-state index contributed by atoms with van der Waals surface area (Å²) in [6.07, 6.45) is 0. The topological polar surface area (TPSA) is 67.4 Å². The number of halogens is 2. The molecule has 0 bridgehead atoms. The molecule has 0 aliphatic rings. The maximum atomic E-state index is 13.4. The van der Waals surface area contributed by atoms with E-state index in [4.69, 9.17) is 0 Å². The zero-order valence-electron chi connectivity index (χ0n) is 12.2. The van der Waals surface area contributed by atoms with E-state index in [1.165, 1.54) is 13.2 Å². The van der Waals surface area contributed by atoms with E-state index in [1.807, 2.05) is 0 Å². The first-order valence-electron chi connectivity index (χ1n) is 6.67. The monoisotopic (exact) mass is 320 g/mol. The molecule has 0 aliphatic carbocycles. The fourth-order valence-corrected chi connectivity index (χ4v) is 1.84. The summed E-state index contributed by atoms with van der Waals surface area (Å²) in [5.74, 6) is -2.59. The Morgan fingerprint density at radius 1 is 1.13 bits per heavy atom. The molecule has 0 aromatic heterocycles. The molecule has 0 atom stereocenters. The molecule has 120 valence electrons. The van der Waals surface area contributed by atoms with Gasteiger partial charge >= 0.3 is 5.97 Å². The number of nitrogens with one attached hydrogen (secondary N) is 2. The van der Waals surface area contributed by atoms with Crippen molar-refractivity contribution < 1.29 is 23.1 Å². The van der Waals surface area contributed by atoms with Crippen LogP contribution in [0.15, 0.2) is 42.5 Å². The zero-order chi connectivity index (χ0) is 16.8. The molecule has 7 heteroatoms. The minimum atomic E-state index is -0.856. The van der Waals surface area contributed by atoms with Gasteiger partial charge in [0.15, 0.2) is 0 Å². The molecule has 0 unspecified atom stereocenters. The number of rotatable bonds is 5. The van der Waals surface area contributed by atoms with Crippen molar-refractivity contribution in [1.29, 1.82) is 0 Å². The number of methoxy groups -OCH3 is 1. The highest BCUT2D eigenvalue weighted by atomic mass is 19.1. The molecule has 0 fully saturated rings. The van der Waals surface area contributed by atoms with Crippen molar-refractivity contribution in [3.63, 3.8) is 0 Å². The molecule has 1 amide bonds. The second-order valence-corrected chi connectivity index (χ2v) is 4.60. The Bertz CT molecular complexity index is 735. The van der Waals surface area contributed by atoms with Crippen molar-refractivity contribution in [3.05, 3.63) is 59.7 Å². The molecule has 0 saturated carbocycles. The summed E-state index contributed by atoms with van der Waals surface area (Å²) in [5, 5.41) is 5.12. The molecular formula is C16H14F2N2O3. The molecule has 23 heavy (non-hydrogen) atoms. The van der Waals surface area contributed by atoms with Gasteiger partial charge in [0.05, 0.1) is 24.9 Å². The van der Waals surface area contributed by atoms with Crippen LogP contribution < -0.4 is 10.6 Å². The van der Waals surface area contributed by atoms with Gasteiger partial charge in [0.1, 0.15) is 11.6 Å². The zero-order valence-corrected chi connectivity index (χ0v) is 12.2. The molecule has 0 radical (unpaired) electrons. The van der Waals surface area contributed by atoms with Crippen molar-refractivity contribution in [1.82, 2.24) is 0 Å². The van der Waals surface area contributed by atoms with Gasteiger partial charge in [-0.15, -0.1) is 0 Å². The minimum absolute atomic E-state index is 0.110. The fraction of sp³-hybridized carbons (Fsp3) is 0.125. The largest absolute Gasteiger partial charge is 0.465 e. The van der Waals surface area contributed by atoms with Crippen LogP contribution in [0.1, 0.15) is 10.4 Å². The Balaban J connectivity index is 1.95. The SMILES string of the molecule is COC(=O)c1cccc(NCC(=O)Nc2ccc(F)cc2F)c1. The van der Waals surface area contributed by atoms with E-state index in [0.717, 1.165) is 12.1 Å². The first kappa shape index (κ1) is 16.4. The van der Waals surface area contributed by atoms with E-state index in [9.17, 15) is 18.4 Å². The number of anilines is 2. The van der Waals surface area contributed by atoms with Gasteiger partial charge in [-0.2, -0.15) is 0 Å². The lowest BCUT2D eigenvalue weighted by Crippen LogP contribution is -2.22. The molecular weight excluding hydrogens is 306 g/mol. The van der Waals surface area contributed by atoms with Crippen LogP contribution >= 0.6 is 0 Å². The van der Waals surface area contributed by atoms with Crippen LogP contribution in [0.4, 0.5) is 20.2 Å². The third kappa shape index (κ3) is 4.50. The average molecular weight is 320 g/mol. The first-order valence-corrected chi connectivity index (χ1v) is 6.67. The lowest BCUT2D eigenvalue weighted by atomic mass is 10.2. The summed E-state index contributed by atoms with van der Waals surface area (Å²) in [5.41, 5.74) is 0.756. The minimum Gasteiger partial charge on any atom is -0.465 e. The Morgan fingerprint density at radius 3 is 2.61 bits per heavy atom. The maximum Gasteiger partial charge on any atom is 0.337 e. The second-order valence-electron chi connectivity index (χ2n) is 4.60. The standard InChI is InChI=1S/C16H14F2N2O3/c1-23-16(22)10-3-2-4-12(7-10)19-9-15(21)20-14-6-5-11(17)8-13(14)18/h2-8,19H,9H2,1H3,(H,20,21). The molecule has 0 saturated heterocycles. The summed E-state index contributed by atoms with van der Waals surface area (Å²) in [4.78, 5) is 23.2. The number of hydrogen-bond acceptors (Lipinski definition) is 4. The average Bonchev–Trinajstić information content (AvgIpc) is 2.55. The van der Waals surface area contributed by atoms with Crippen molar-refractivity contribution in [2.24, 2.45) is 0 Å². The van der Waals surface area contributed by atoms with Crippen LogP contribution in [-0.2, 0) is 9.53 Å². The van der Waals surface area contributed by atoms with Crippen molar-refractivity contribution in [3.8, 4) is 0 Å². The number of hydrogen-bond donors (Lipinski definition) is 2. The molecule has 5 nitrogen and oxygen atoms in total. The van der Waals surface area contributed by atoms with E-state index in [1.54, 1.807) is 18.2 Å². The van der Waals surface area contributed by atoms with Crippen LogP contribution in [0.5, 0.6) is 0 Å². The lowest BCUT2D eigenvalue weighted by molar-refractivity contribution is -0.114. The molecule has 2 aromatic carbocycles. The van der Waals surface area contributed by atoms with Crippen LogP contribution in [-0.4, -0.2) is 25.5 Å². The molecule has 2 N–H and O–H groups in total. The third-order valence-corrected chi connectivity index (χ3v) is 2.94. The molecule has 2 rings (SSSR count). The quantitative estimate of drug-likeness (QED) is 0.831. The predicted octanol–water partition coefficient (Wildman–Crippen LogP) is 2.80. The van der Waals surface area contributed by atoms with Gasteiger partial charge in [0, 0.05) is 11.8 Å². The van der Waals surface area contributed by atoms with Gasteiger partial charge in [-0.05, 0) is 30.3 Å². The predicted molar refractivity (Wildman–Crippen MR) is 81.3 cm³/mol. The van der Waals surface area contributed by atoms with Crippen molar-refractivity contribution in [2.45, 2.75) is 0 Å². The first-order chi connectivity index (χ1) is 11.0. The molecule has 0 aliphatic heterocycles. The van der Waals surface area contributed by atoms with Gasteiger partial charge in [0.2, 0.25) is 5.91 Å². The van der Waals surface area contributed by atoms with Gasteiger partial charge in [-0.1, -0.05) is 6.07 Å². The number of carbonyl (C=O) groups excluding carboxylic acids is 2. The van der Waals surface area contributed by atoms with Gasteiger partial charge < -0.3 is 15.4 Å². The van der Waals surface area contributed by atoms with E-state index >= 15 is 0 Å². The highest BCUT2D eigenvalue weighted by Gasteiger charge is 2.09. The number of benzene rings is 2. The van der Waals surface area contributed by atoms with E-state index in [2.05, 4.69) is 15.4 Å².